The molecule has 6 heteroatoms. The third-order valence-electron chi connectivity index (χ3n) is 2.24. The molecule has 1 rings (SSSR count). The lowest BCUT2D eigenvalue weighted by Gasteiger charge is -2.19. The maximum Gasteiger partial charge on any atom is 0.267 e. The van der Waals surface area contributed by atoms with E-state index in [4.69, 9.17) is 9.47 Å². The maximum absolute atomic E-state index is 11.9. The van der Waals surface area contributed by atoms with E-state index < -0.39 is 6.29 Å². The number of rotatable bonds is 6. The second-order valence-electron chi connectivity index (χ2n) is 3.41. The Labute approximate surface area is 114 Å². The number of aromatic nitrogens is 2. The molecule has 0 saturated heterocycles. The van der Waals surface area contributed by atoms with Crippen molar-refractivity contribution < 1.29 is 9.47 Å². The van der Waals surface area contributed by atoms with Crippen LogP contribution in [0.25, 0.3) is 0 Å². The van der Waals surface area contributed by atoms with E-state index in [1.807, 2.05) is 36.4 Å². The molecule has 0 unspecified atom stereocenters. The van der Waals surface area contributed by atoms with E-state index >= 15 is 0 Å². The molecule has 0 spiro atoms. The van der Waals surface area contributed by atoms with Crippen molar-refractivity contribution in [2.75, 3.05) is 13.2 Å². The summed E-state index contributed by atoms with van der Waals surface area (Å²) < 4.78 is 13.0. The first kappa shape index (κ1) is 14.6. The van der Waals surface area contributed by atoms with Crippen LogP contribution in [0.2, 0.25) is 0 Å². The molecular formula is C11H17IN2O3. The number of hydrogen-bond acceptors (Lipinski definition) is 4. The fourth-order valence-electron chi connectivity index (χ4n) is 1.44. The Balaban J connectivity index is 2.92. The molecule has 0 saturated carbocycles. The van der Waals surface area contributed by atoms with E-state index in [1.54, 1.807) is 17.7 Å². The maximum atomic E-state index is 11.9. The normalized spacial score (nSPS) is 11.1. The fraction of sp³-hybridized carbons (Fsp3) is 0.636. The predicted octanol–water partition coefficient (Wildman–Crippen LogP) is 1.56. The van der Waals surface area contributed by atoms with Gasteiger partial charge >= 0.3 is 0 Å². The molecule has 0 aliphatic carbocycles. The van der Waals surface area contributed by atoms with Crippen LogP contribution in [-0.2, 0) is 16.0 Å². The van der Waals surface area contributed by atoms with Crippen LogP contribution in [0, 0.1) is 10.5 Å². The molecule has 1 aromatic rings. The van der Waals surface area contributed by atoms with Crippen LogP contribution in [0.1, 0.15) is 19.7 Å². The second kappa shape index (κ2) is 7.07. The lowest BCUT2D eigenvalue weighted by molar-refractivity contribution is -0.144. The summed E-state index contributed by atoms with van der Waals surface area (Å²) in [6.07, 6.45) is 1.17. The molecule has 96 valence electrons. The van der Waals surface area contributed by atoms with Gasteiger partial charge in [-0.25, -0.2) is 4.98 Å². The summed E-state index contributed by atoms with van der Waals surface area (Å²) in [6.45, 7) is 7.07. The zero-order valence-corrected chi connectivity index (χ0v) is 12.4. The quantitative estimate of drug-likeness (QED) is 0.576. The van der Waals surface area contributed by atoms with Gasteiger partial charge in [0.2, 0.25) is 0 Å². The summed E-state index contributed by atoms with van der Waals surface area (Å²) in [4.78, 5) is 16.1. The van der Waals surface area contributed by atoms with Crippen molar-refractivity contribution in [3.8, 4) is 0 Å². The molecule has 17 heavy (non-hydrogen) atoms. The monoisotopic (exact) mass is 352 g/mol. The van der Waals surface area contributed by atoms with E-state index in [9.17, 15) is 4.79 Å². The average molecular weight is 352 g/mol. The summed E-state index contributed by atoms with van der Waals surface area (Å²) in [5.74, 6) is 0.667. The largest absolute Gasteiger partial charge is 0.351 e. The SMILES string of the molecule is CCOC(Cn1c(C)ncc(I)c1=O)OCC. The highest BCUT2D eigenvalue weighted by atomic mass is 127. The Kier molecular flexibility index (Phi) is 6.07. The van der Waals surface area contributed by atoms with Gasteiger partial charge in [-0.05, 0) is 43.4 Å². The lowest BCUT2D eigenvalue weighted by Crippen LogP contribution is -2.33. The highest BCUT2D eigenvalue weighted by molar-refractivity contribution is 14.1. The van der Waals surface area contributed by atoms with Crippen LogP contribution in [0.15, 0.2) is 11.0 Å². The molecule has 0 aliphatic heterocycles. The van der Waals surface area contributed by atoms with Gasteiger partial charge in [-0.2, -0.15) is 0 Å². The molecule has 5 nitrogen and oxygen atoms in total. The average Bonchev–Trinajstić information content (AvgIpc) is 2.30. The Morgan fingerprint density at radius 1 is 1.41 bits per heavy atom. The Morgan fingerprint density at radius 2 is 2.00 bits per heavy atom. The van der Waals surface area contributed by atoms with Crippen LogP contribution >= 0.6 is 22.6 Å². The highest BCUT2D eigenvalue weighted by Crippen LogP contribution is 2.03. The van der Waals surface area contributed by atoms with Crippen molar-refractivity contribution in [2.45, 2.75) is 33.6 Å². The molecular weight excluding hydrogens is 335 g/mol. The van der Waals surface area contributed by atoms with Crippen molar-refractivity contribution in [3.63, 3.8) is 0 Å². The van der Waals surface area contributed by atoms with Crippen LogP contribution < -0.4 is 5.56 Å². The first-order chi connectivity index (χ1) is 8.10. The minimum Gasteiger partial charge on any atom is -0.351 e. The minimum atomic E-state index is -0.401. The van der Waals surface area contributed by atoms with Gasteiger partial charge in [-0.1, -0.05) is 0 Å². The summed E-state index contributed by atoms with van der Waals surface area (Å²) >= 11 is 1.98. The highest BCUT2D eigenvalue weighted by Gasteiger charge is 2.13. The van der Waals surface area contributed by atoms with Gasteiger partial charge in [0.15, 0.2) is 6.29 Å². The predicted molar refractivity (Wildman–Crippen MR) is 73.0 cm³/mol. The van der Waals surface area contributed by atoms with Crippen LogP contribution in [0.4, 0.5) is 0 Å². The number of ether oxygens (including phenoxy) is 2. The number of aryl methyl sites for hydroxylation is 1. The molecule has 0 atom stereocenters. The molecule has 0 fully saturated rings. The molecule has 0 radical (unpaired) electrons. The molecule has 0 aromatic carbocycles. The lowest BCUT2D eigenvalue weighted by atomic mass is 10.5. The Bertz CT molecular complexity index is 414. The number of nitrogens with zero attached hydrogens (tertiary/aromatic N) is 2. The topological polar surface area (TPSA) is 53.4 Å². The minimum absolute atomic E-state index is 0.0532. The Morgan fingerprint density at radius 3 is 2.53 bits per heavy atom. The third-order valence-corrected chi connectivity index (χ3v) is 2.98. The molecule has 0 aliphatic rings. The second-order valence-corrected chi connectivity index (χ2v) is 4.57. The van der Waals surface area contributed by atoms with Gasteiger partial charge in [0.25, 0.3) is 5.56 Å². The number of halogens is 1. The van der Waals surface area contributed by atoms with Crippen molar-refractivity contribution >= 4 is 22.6 Å². The van der Waals surface area contributed by atoms with Crippen LogP contribution in [0.5, 0.6) is 0 Å². The zero-order chi connectivity index (χ0) is 12.8. The smallest absolute Gasteiger partial charge is 0.267 e. The molecule has 0 N–H and O–H groups in total. The van der Waals surface area contributed by atoms with Crippen LogP contribution in [0.3, 0.4) is 0 Å². The van der Waals surface area contributed by atoms with E-state index in [1.165, 1.54) is 0 Å². The van der Waals surface area contributed by atoms with E-state index in [0.29, 0.717) is 29.2 Å². The van der Waals surface area contributed by atoms with Crippen LogP contribution in [-0.4, -0.2) is 29.1 Å². The van der Waals surface area contributed by atoms with E-state index in [2.05, 4.69) is 4.98 Å². The fourth-order valence-corrected chi connectivity index (χ4v) is 1.87. The van der Waals surface area contributed by atoms with Crippen molar-refractivity contribution in [3.05, 3.63) is 25.9 Å². The van der Waals surface area contributed by atoms with Gasteiger partial charge in [0.05, 0.1) is 10.1 Å². The van der Waals surface area contributed by atoms with E-state index in [0.717, 1.165) is 0 Å². The van der Waals surface area contributed by atoms with E-state index in [-0.39, 0.29) is 5.56 Å². The summed E-state index contributed by atoms with van der Waals surface area (Å²) in [5, 5.41) is 0. The summed E-state index contributed by atoms with van der Waals surface area (Å²) in [6, 6.07) is 0. The molecule has 0 amide bonds. The van der Waals surface area contributed by atoms with Gasteiger partial charge in [-0.15, -0.1) is 0 Å². The molecule has 1 aromatic heterocycles. The number of hydrogen-bond donors (Lipinski definition) is 0. The standard InChI is InChI=1S/C11H17IN2O3/c1-4-16-10(17-5-2)7-14-8(3)13-6-9(12)11(14)15/h6,10H,4-5,7H2,1-3H3. The molecule has 1 heterocycles. The van der Waals surface area contributed by atoms with Gasteiger partial charge < -0.3 is 9.47 Å². The van der Waals surface area contributed by atoms with Gasteiger partial charge in [-0.3, -0.25) is 9.36 Å². The van der Waals surface area contributed by atoms with Gasteiger partial charge in [0.1, 0.15) is 5.82 Å². The third kappa shape index (κ3) is 4.04. The summed E-state index contributed by atoms with van der Waals surface area (Å²) in [5.41, 5.74) is -0.0532. The Hall–Kier alpha value is -0.470. The first-order valence-electron chi connectivity index (χ1n) is 5.55. The van der Waals surface area contributed by atoms with Gasteiger partial charge in [0, 0.05) is 19.4 Å². The van der Waals surface area contributed by atoms with Crippen molar-refractivity contribution in [1.29, 1.82) is 0 Å². The van der Waals surface area contributed by atoms with Crippen molar-refractivity contribution in [2.24, 2.45) is 0 Å². The zero-order valence-electron chi connectivity index (χ0n) is 10.3. The summed E-state index contributed by atoms with van der Waals surface area (Å²) in [7, 11) is 0. The van der Waals surface area contributed by atoms with Crippen molar-refractivity contribution in [1.82, 2.24) is 9.55 Å². The molecule has 0 bridgehead atoms. The first-order valence-corrected chi connectivity index (χ1v) is 6.63.